The fourth-order valence-corrected chi connectivity index (χ4v) is 2.50. The number of hydrogen-bond acceptors (Lipinski definition) is 2. The van der Waals surface area contributed by atoms with Crippen molar-refractivity contribution >= 4 is 0 Å². The van der Waals surface area contributed by atoms with Gasteiger partial charge in [0.05, 0.1) is 0 Å². The van der Waals surface area contributed by atoms with Crippen LogP contribution in [0.25, 0.3) is 0 Å². The number of benzene rings is 1. The third-order valence-corrected chi connectivity index (χ3v) is 3.34. The number of hydrogen-bond donors (Lipinski definition) is 1. The van der Waals surface area contributed by atoms with Gasteiger partial charge in [0.1, 0.15) is 0 Å². The van der Waals surface area contributed by atoms with Gasteiger partial charge in [-0.05, 0) is 32.6 Å². The third kappa shape index (κ3) is 2.39. The topological polar surface area (TPSA) is 15.3 Å². The van der Waals surface area contributed by atoms with E-state index in [1.165, 1.54) is 12.0 Å². The summed E-state index contributed by atoms with van der Waals surface area (Å²) < 4.78 is 0. The first-order chi connectivity index (χ1) is 7.29. The molecule has 82 valence electrons. The molecule has 2 heteroatoms. The molecule has 0 bridgehead atoms. The minimum absolute atomic E-state index is 0.634. The van der Waals surface area contributed by atoms with Crippen LogP contribution in [0.2, 0.25) is 0 Å². The lowest BCUT2D eigenvalue weighted by molar-refractivity contribution is 0.209. The van der Waals surface area contributed by atoms with Gasteiger partial charge in [-0.25, -0.2) is 0 Å². The molecule has 1 fully saturated rings. The van der Waals surface area contributed by atoms with Gasteiger partial charge in [-0.3, -0.25) is 0 Å². The van der Waals surface area contributed by atoms with Crippen molar-refractivity contribution in [3.8, 4) is 0 Å². The van der Waals surface area contributed by atoms with Gasteiger partial charge in [0.15, 0.2) is 0 Å². The largest absolute Gasteiger partial charge is 0.316 e. The lowest BCUT2D eigenvalue weighted by Crippen LogP contribution is -2.45. The van der Waals surface area contributed by atoms with E-state index >= 15 is 0 Å². The molecule has 1 heterocycles. The van der Waals surface area contributed by atoms with Crippen LogP contribution in [0, 0.1) is 0 Å². The first-order valence-electron chi connectivity index (χ1n) is 5.71. The van der Waals surface area contributed by atoms with Crippen molar-refractivity contribution < 1.29 is 0 Å². The average Bonchev–Trinajstić information content (AvgIpc) is 2.30. The van der Waals surface area contributed by atoms with Crippen LogP contribution in [0.5, 0.6) is 0 Å². The molecule has 1 aromatic rings. The van der Waals surface area contributed by atoms with Crippen molar-refractivity contribution in [2.45, 2.75) is 18.4 Å². The van der Waals surface area contributed by atoms with Gasteiger partial charge in [0.2, 0.25) is 0 Å². The van der Waals surface area contributed by atoms with Gasteiger partial charge < -0.3 is 10.2 Å². The van der Waals surface area contributed by atoms with Crippen LogP contribution in [0.15, 0.2) is 30.3 Å². The smallest absolute Gasteiger partial charge is 0.0182 e. The molecule has 1 aromatic carbocycles. The minimum Gasteiger partial charge on any atom is -0.316 e. The fourth-order valence-electron chi connectivity index (χ4n) is 2.50. The zero-order chi connectivity index (χ0) is 10.7. The summed E-state index contributed by atoms with van der Waals surface area (Å²) in [6.45, 7) is 2.25. The Morgan fingerprint density at radius 2 is 1.93 bits per heavy atom. The molecule has 0 aliphatic carbocycles. The van der Waals surface area contributed by atoms with Crippen LogP contribution < -0.4 is 5.32 Å². The van der Waals surface area contributed by atoms with E-state index in [0.717, 1.165) is 13.1 Å². The maximum atomic E-state index is 3.49. The summed E-state index contributed by atoms with van der Waals surface area (Å²) in [7, 11) is 4.37. The van der Waals surface area contributed by atoms with E-state index in [1.54, 1.807) is 0 Å². The van der Waals surface area contributed by atoms with E-state index in [2.05, 4.69) is 54.6 Å². The molecular formula is C13H20N2. The molecule has 0 radical (unpaired) electrons. The van der Waals surface area contributed by atoms with Gasteiger partial charge in [-0.1, -0.05) is 30.3 Å². The Kier molecular flexibility index (Phi) is 3.39. The highest BCUT2D eigenvalue weighted by atomic mass is 15.1. The second-order valence-corrected chi connectivity index (χ2v) is 4.54. The second kappa shape index (κ2) is 4.77. The van der Waals surface area contributed by atoms with Crippen LogP contribution in [0.3, 0.4) is 0 Å². The van der Waals surface area contributed by atoms with Crippen molar-refractivity contribution in [2.24, 2.45) is 0 Å². The quantitative estimate of drug-likeness (QED) is 0.788. The second-order valence-electron chi connectivity index (χ2n) is 4.54. The summed E-state index contributed by atoms with van der Waals surface area (Å²) >= 11 is 0. The van der Waals surface area contributed by atoms with E-state index in [0.29, 0.717) is 12.0 Å². The van der Waals surface area contributed by atoms with E-state index < -0.39 is 0 Å². The van der Waals surface area contributed by atoms with Crippen molar-refractivity contribution in [3.05, 3.63) is 35.9 Å². The summed E-state index contributed by atoms with van der Waals surface area (Å²) in [5.74, 6) is 0.634. The normalized spacial score (nSPS) is 26.9. The fraction of sp³-hybridized carbons (Fsp3) is 0.538. The summed E-state index contributed by atoms with van der Waals surface area (Å²) in [5, 5.41) is 3.49. The molecule has 1 aliphatic rings. The summed E-state index contributed by atoms with van der Waals surface area (Å²) in [6, 6.07) is 11.5. The Morgan fingerprint density at radius 1 is 1.20 bits per heavy atom. The van der Waals surface area contributed by atoms with Crippen LogP contribution in [0.1, 0.15) is 17.9 Å². The number of nitrogens with zero attached hydrogens (tertiary/aromatic N) is 1. The highest BCUT2D eigenvalue weighted by molar-refractivity contribution is 5.22. The Labute approximate surface area is 92.3 Å². The number of rotatable bonds is 2. The standard InChI is InChI=1S/C13H20N2/c1-15(2)13-8-9-14-10-12(13)11-6-4-3-5-7-11/h3-7,12-14H,8-10H2,1-2H3. The highest BCUT2D eigenvalue weighted by Crippen LogP contribution is 2.26. The number of likely N-dealkylation sites (N-methyl/N-ethyl adjacent to an activating group) is 1. The molecule has 2 unspecified atom stereocenters. The molecule has 0 amide bonds. The van der Waals surface area contributed by atoms with Crippen LogP contribution >= 0.6 is 0 Å². The first-order valence-corrected chi connectivity index (χ1v) is 5.71. The van der Waals surface area contributed by atoms with Crippen LogP contribution in [-0.4, -0.2) is 38.1 Å². The lowest BCUT2D eigenvalue weighted by atomic mass is 9.86. The molecule has 2 nitrogen and oxygen atoms in total. The summed E-state index contributed by atoms with van der Waals surface area (Å²) in [6.07, 6.45) is 1.24. The van der Waals surface area contributed by atoms with Crippen LogP contribution in [-0.2, 0) is 0 Å². The molecule has 1 N–H and O–H groups in total. The third-order valence-electron chi connectivity index (χ3n) is 3.34. The van der Waals surface area contributed by atoms with E-state index in [4.69, 9.17) is 0 Å². The summed E-state index contributed by atoms with van der Waals surface area (Å²) in [5.41, 5.74) is 1.46. The van der Waals surface area contributed by atoms with E-state index in [-0.39, 0.29) is 0 Å². The maximum Gasteiger partial charge on any atom is 0.0182 e. The van der Waals surface area contributed by atoms with Gasteiger partial charge >= 0.3 is 0 Å². The zero-order valence-electron chi connectivity index (χ0n) is 9.61. The van der Waals surface area contributed by atoms with Gasteiger partial charge in [-0.15, -0.1) is 0 Å². The lowest BCUT2D eigenvalue weighted by Gasteiger charge is -2.36. The summed E-state index contributed by atoms with van der Waals surface area (Å²) in [4.78, 5) is 2.36. The molecule has 1 saturated heterocycles. The van der Waals surface area contributed by atoms with Crippen LogP contribution in [0.4, 0.5) is 0 Å². The monoisotopic (exact) mass is 204 g/mol. The average molecular weight is 204 g/mol. The number of piperidine rings is 1. The van der Waals surface area contributed by atoms with Gasteiger partial charge in [0.25, 0.3) is 0 Å². The molecule has 0 spiro atoms. The molecule has 2 atom stereocenters. The Bertz CT molecular complexity index is 295. The van der Waals surface area contributed by atoms with Crippen molar-refractivity contribution in [2.75, 3.05) is 27.2 Å². The minimum atomic E-state index is 0.634. The molecular weight excluding hydrogens is 184 g/mol. The molecule has 2 rings (SSSR count). The van der Waals surface area contributed by atoms with E-state index in [1.807, 2.05) is 0 Å². The molecule has 1 aliphatic heterocycles. The van der Waals surface area contributed by atoms with Crippen molar-refractivity contribution in [3.63, 3.8) is 0 Å². The van der Waals surface area contributed by atoms with Gasteiger partial charge in [-0.2, -0.15) is 0 Å². The first kappa shape index (κ1) is 10.7. The van der Waals surface area contributed by atoms with E-state index in [9.17, 15) is 0 Å². The maximum absolute atomic E-state index is 3.49. The van der Waals surface area contributed by atoms with Crippen molar-refractivity contribution in [1.82, 2.24) is 10.2 Å². The Balaban J connectivity index is 2.18. The number of nitrogens with one attached hydrogen (secondary N) is 1. The van der Waals surface area contributed by atoms with Crippen molar-refractivity contribution in [1.29, 1.82) is 0 Å². The SMILES string of the molecule is CN(C)C1CCNCC1c1ccccc1. The highest BCUT2D eigenvalue weighted by Gasteiger charge is 2.27. The molecule has 15 heavy (non-hydrogen) atoms. The molecule has 0 aromatic heterocycles. The Morgan fingerprint density at radius 3 is 2.60 bits per heavy atom. The predicted molar refractivity (Wildman–Crippen MR) is 64.1 cm³/mol. The molecule has 0 saturated carbocycles. The predicted octanol–water partition coefficient (Wildman–Crippen LogP) is 1.69. The zero-order valence-corrected chi connectivity index (χ0v) is 9.61. The Hall–Kier alpha value is -0.860. The van der Waals surface area contributed by atoms with Gasteiger partial charge in [0, 0.05) is 18.5 Å².